The lowest BCUT2D eigenvalue weighted by Gasteiger charge is -2.17. The van der Waals surface area contributed by atoms with E-state index in [-0.39, 0.29) is 0 Å². The van der Waals surface area contributed by atoms with Crippen LogP contribution in [0.5, 0.6) is 0 Å². The molecule has 0 saturated carbocycles. The first-order valence-corrected chi connectivity index (χ1v) is 5.88. The van der Waals surface area contributed by atoms with Gasteiger partial charge in [-0.05, 0) is 12.5 Å². The van der Waals surface area contributed by atoms with Crippen LogP contribution in [0, 0.1) is 0 Å². The van der Waals surface area contributed by atoms with Gasteiger partial charge >= 0.3 is 18.0 Å². The maximum absolute atomic E-state index is 11.7. The van der Waals surface area contributed by atoms with E-state index < -0.39 is 30.1 Å². The number of hydrogen-bond acceptors (Lipinski definition) is 4. The van der Waals surface area contributed by atoms with Gasteiger partial charge in [0.25, 0.3) is 0 Å². The first kappa shape index (κ1) is 15.5. The number of benzene rings is 1. The molecule has 0 aliphatic carbocycles. The van der Waals surface area contributed by atoms with Crippen molar-refractivity contribution in [3.63, 3.8) is 0 Å². The molecule has 0 aliphatic heterocycles. The van der Waals surface area contributed by atoms with Crippen molar-refractivity contribution in [3.8, 4) is 0 Å². The number of carbonyl (C=O) groups excluding carboxylic acids is 2. The Balaban J connectivity index is 2.70. The first-order chi connectivity index (χ1) is 9.45. The monoisotopic (exact) mass is 280 g/mol. The van der Waals surface area contributed by atoms with Crippen molar-refractivity contribution in [1.29, 1.82) is 0 Å². The van der Waals surface area contributed by atoms with Crippen molar-refractivity contribution in [3.05, 3.63) is 35.9 Å². The van der Waals surface area contributed by atoms with E-state index in [9.17, 15) is 14.4 Å². The van der Waals surface area contributed by atoms with Crippen molar-refractivity contribution in [2.24, 2.45) is 0 Å². The van der Waals surface area contributed by atoms with Crippen molar-refractivity contribution >= 4 is 18.0 Å². The van der Waals surface area contributed by atoms with Gasteiger partial charge in [0.2, 0.25) is 0 Å². The van der Waals surface area contributed by atoms with Crippen LogP contribution < -0.4 is 10.6 Å². The van der Waals surface area contributed by atoms with Gasteiger partial charge in [-0.15, -0.1) is 0 Å². The third-order valence-electron chi connectivity index (χ3n) is 2.56. The van der Waals surface area contributed by atoms with Crippen molar-refractivity contribution in [2.75, 3.05) is 7.11 Å². The molecule has 108 valence electrons. The molecule has 1 rings (SSSR count). The summed E-state index contributed by atoms with van der Waals surface area (Å²) < 4.78 is 4.45. The molecule has 7 heteroatoms. The number of aliphatic carboxylic acids is 1. The quantitative estimate of drug-likeness (QED) is 0.688. The fraction of sp³-hybridized carbons (Fsp3) is 0.308. The lowest BCUT2D eigenvalue weighted by molar-refractivity contribution is -0.142. The molecule has 7 nitrogen and oxygen atoms in total. The molecule has 2 amide bonds. The summed E-state index contributed by atoms with van der Waals surface area (Å²) in [5.74, 6) is -1.82. The number of methoxy groups -OCH3 is 1. The molecule has 0 fully saturated rings. The Morgan fingerprint density at radius 3 is 2.25 bits per heavy atom. The topological polar surface area (TPSA) is 105 Å². The second-order valence-corrected chi connectivity index (χ2v) is 4.04. The van der Waals surface area contributed by atoms with Crippen molar-refractivity contribution < 1.29 is 24.2 Å². The predicted octanol–water partition coefficient (Wildman–Crippen LogP) is 0.673. The van der Waals surface area contributed by atoms with Gasteiger partial charge < -0.3 is 20.5 Å². The molecule has 1 aromatic rings. The largest absolute Gasteiger partial charge is 0.479 e. The van der Waals surface area contributed by atoms with Crippen LogP contribution in [0.2, 0.25) is 0 Å². The molecule has 3 N–H and O–H groups in total. The fourth-order valence-corrected chi connectivity index (χ4v) is 1.54. The Morgan fingerprint density at radius 2 is 1.75 bits per heavy atom. The second-order valence-electron chi connectivity index (χ2n) is 4.04. The number of nitrogens with one attached hydrogen (secondary N) is 2. The molecule has 0 heterocycles. The van der Waals surface area contributed by atoms with Crippen LogP contribution in [0.3, 0.4) is 0 Å². The molecular formula is C13H16N2O5. The van der Waals surface area contributed by atoms with Crippen molar-refractivity contribution in [1.82, 2.24) is 10.6 Å². The van der Waals surface area contributed by atoms with Gasteiger partial charge in [0.15, 0.2) is 6.04 Å². The molecule has 0 saturated heterocycles. The molecule has 0 spiro atoms. The lowest BCUT2D eigenvalue weighted by Crippen LogP contribution is -2.47. The maximum Gasteiger partial charge on any atom is 0.330 e. The smallest absolute Gasteiger partial charge is 0.330 e. The molecular weight excluding hydrogens is 264 g/mol. The highest BCUT2D eigenvalue weighted by Gasteiger charge is 2.23. The number of esters is 1. The summed E-state index contributed by atoms with van der Waals surface area (Å²) in [6.45, 7) is 1.43. The molecule has 1 unspecified atom stereocenters. The number of carboxylic acids is 1. The molecule has 0 aromatic heterocycles. The Labute approximate surface area is 115 Å². The van der Waals surface area contributed by atoms with E-state index in [0.717, 1.165) is 0 Å². The third kappa shape index (κ3) is 4.27. The normalized spacial score (nSPS) is 12.9. The van der Waals surface area contributed by atoms with E-state index in [2.05, 4.69) is 15.4 Å². The zero-order chi connectivity index (χ0) is 15.1. The van der Waals surface area contributed by atoms with Crippen LogP contribution in [0.15, 0.2) is 30.3 Å². The van der Waals surface area contributed by atoms with Gasteiger partial charge in [0.05, 0.1) is 7.11 Å². The Bertz CT molecular complexity index is 489. The van der Waals surface area contributed by atoms with Gasteiger partial charge in [-0.2, -0.15) is 0 Å². The summed E-state index contributed by atoms with van der Waals surface area (Å²) >= 11 is 0. The average Bonchev–Trinajstić information content (AvgIpc) is 2.44. The molecule has 0 aliphatic rings. The van der Waals surface area contributed by atoms with Crippen molar-refractivity contribution in [2.45, 2.75) is 19.0 Å². The minimum absolute atomic E-state index is 0.431. The highest BCUT2D eigenvalue weighted by atomic mass is 16.5. The number of ether oxygens (including phenoxy) is 1. The average molecular weight is 280 g/mol. The van der Waals surface area contributed by atoms with E-state index in [1.165, 1.54) is 14.0 Å². The molecule has 20 heavy (non-hydrogen) atoms. The predicted molar refractivity (Wildman–Crippen MR) is 70.0 cm³/mol. The number of hydrogen-bond donors (Lipinski definition) is 3. The molecule has 0 radical (unpaired) electrons. The minimum atomic E-state index is -1.20. The molecule has 2 atom stereocenters. The Kier molecular flexibility index (Phi) is 5.52. The number of carbonyl (C=O) groups is 3. The van der Waals surface area contributed by atoms with E-state index in [4.69, 9.17) is 5.11 Å². The van der Waals surface area contributed by atoms with Crippen LogP contribution in [0.4, 0.5) is 4.79 Å². The number of amides is 2. The van der Waals surface area contributed by atoms with E-state index in [1.807, 2.05) is 0 Å². The maximum atomic E-state index is 11.7. The van der Waals surface area contributed by atoms with Gasteiger partial charge in [-0.1, -0.05) is 30.3 Å². The van der Waals surface area contributed by atoms with Gasteiger partial charge in [-0.3, -0.25) is 0 Å². The molecule has 1 aromatic carbocycles. The zero-order valence-corrected chi connectivity index (χ0v) is 11.1. The van der Waals surface area contributed by atoms with Crippen LogP contribution in [0.1, 0.15) is 18.5 Å². The van der Waals surface area contributed by atoms with Crippen LogP contribution >= 0.6 is 0 Å². The van der Waals surface area contributed by atoms with Crippen LogP contribution in [0.25, 0.3) is 0 Å². The zero-order valence-electron chi connectivity index (χ0n) is 11.1. The van der Waals surface area contributed by atoms with Crippen LogP contribution in [-0.2, 0) is 14.3 Å². The van der Waals surface area contributed by atoms with E-state index in [1.54, 1.807) is 30.3 Å². The molecule has 0 bridgehead atoms. The summed E-state index contributed by atoms with van der Waals surface area (Å²) in [6, 6.07) is 5.42. The summed E-state index contributed by atoms with van der Waals surface area (Å²) in [5.41, 5.74) is 0.431. The highest BCUT2D eigenvalue weighted by Crippen LogP contribution is 2.12. The minimum Gasteiger partial charge on any atom is -0.479 e. The number of rotatable bonds is 5. The number of carboxylic acid groups (broad SMARTS) is 1. The standard InChI is InChI=1S/C13H16N2O5/c1-8(12(18)20-2)14-13(19)15-10(11(16)17)9-6-4-3-5-7-9/h3-8,10H,1-2H3,(H,16,17)(H2,14,15,19)/t8?,10-/m1/s1. The first-order valence-electron chi connectivity index (χ1n) is 5.88. The van der Waals surface area contributed by atoms with Crippen LogP contribution in [-0.4, -0.2) is 36.2 Å². The lowest BCUT2D eigenvalue weighted by atomic mass is 10.1. The fourth-order valence-electron chi connectivity index (χ4n) is 1.54. The van der Waals surface area contributed by atoms with E-state index in [0.29, 0.717) is 5.56 Å². The third-order valence-corrected chi connectivity index (χ3v) is 2.56. The van der Waals surface area contributed by atoms with E-state index >= 15 is 0 Å². The van der Waals surface area contributed by atoms with Gasteiger partial charge in [0, 0.05) is 0 Å². The summed E-state index contributed by atoms with van der Waals surface area (Å²) in [5, 5.41) is 13.7. The summed E-state index contributed by atoms with van der Waals surface area (Å²) in [6.07, 6.45) is 0. The Morgan fingerprint density at radius 1 is 1.15 bits per heavy atom. The summed E-state index contributed by atoms with van der Waals surface area (Å²) in [7, 11) is 1.20. The SMILES string of the molecule is COC(=O)C(C)NC(=O)N[C@@H](C(=O)O)c1ccccc1. The van der Waals surface area contributed by atoms with Gasteiger partial charge in [0.1, 0.15) is 6.04 Å². The summed E-state index contributed by atoms with van der Waals surface area (Å²) in [4.78, 5) is 34.0. The second kappa shape index (κ2) is 7.13. The highest BCUT2D eigenvalue weighted by molar-refractivity contribution is 5.86. The van der Waals surface area contributed by atoms with Gasteiger partial charge in [-0.25, -0.2) is 14.4 Å². The Hall–Kier alpha value is -2.57. The number of urea groups is 1.